The van der Waals surface area contributed by atoms with Crippen LogP contribution in [0.2, 0.25) is 0 Å². The summed E-state index contributed by atoms with van der Waals surface area (Å²) in [5.41, 5.74) is 0.785. The fourth-order valence-corrected chi connectivity index (χ4v) is 3.20. The first-order chi connectivity index (χ1) is 9.61. The molecular formula is C17H27FN2. The lowest BCUT2D eigenvalue weighted by Crippen LogP contribution is -2.42. The van der Waals surface area contributed by atoms with Gasteiger partial charge in [0.1, 0.15) is 5.82 Å². The summed E-state index contributed by atoms with van der Waals surface area (Å²) in [7, 11) is 1.92. The van der Waals surface area contributed by atoms with Crippen molar-refractivity contribution >= 4 is 0 Å². The van der Waals surface area contributed by atoms with Crippen LogP contribution in [-0.2, 0) is 0 Å². The molecule has 1 aliphatic heterocycles. The molecule has 1 aromatic rings. The van der Waals surface area contributed by atoms with Gasteiger partial charge in [-0.15, -0.1) is 0 Å². The van der Waals surface area contributed by atoms with E-state index in [0.29, 0.717) is 6.04 Å². The lowest BCUT2D eigenvalue weighted by molar-refractivity contribution is 0.119. The summed E-state index contributed by atoms with van der Waals surface area (Å²) in [4.78, 5) is 2.55. The summed E-state index contributed by atoms with van der Waals surface area (Å²) in [6.45, 7) is 6.84. The summed E-state index contributed by atoms with van der Waals surface area (Å²) >= 11 is 0. The maximum absolute atomic E-state index is 13.9. The molecule has 0 bridgehead atoms. The molecule has 0 spiro atoms. The van der Waals surface area contributed by atoms with Crippen LogP contribution in [-0.4, -0.2) is 31.1 Å². The van der Waals surface area contributed by atoms with E-state index in [1.54, 1.807) is 12.1 Å². The van der Waals surface area contributed by atoms with E-state index in [-0.39, 0.29) is 11.9 Å². The van der Waals surface area contributed by atoms with E-state index in [4.69, 9.17) is 0 Å². The Bertz CT molecular complexity index is 421. The number of nitrogens with zero attached hydrogens (tertiary/aromatic N) is 1. The first-order valence-corrected chi connectivity index (χ1v) is 7.77. The molecule has 0 aromatic heterocycles. The van der Waals surface area contributed by atoms with Gasteiger partial charge in [0.05, 0.1) is 0 Å². The number of nitrogens with one attached hydrogen (secondary N) is 1. The Labute approximate surface area is 122 Å². The molecule has 1 saturated heterocycles. The summed E-state index contributed by atoms with van der Waals surface area (Å²) in [5.74, 6) is 0.680. The van der Waals surface area contributed by atoms with Gasteiger partial charge in [-0.2, -0.15) is 0 Å². The maximum Gasteiger partial charge on any atom is 0.127 e. The van der Waals surface area contributed by atoms with Crippen molar-refractivity contribution in [3.05, 3.63) is 35.6 Å². The molecule has 0 aliphatic carbocycles. The topological polar surface area (TPSA) is 15.3 Å². The first-order valence-electron chi connectivity index (χ1n) is 7.77. The second-order valence-electron chi connectivity index (χ2n) is 6.18. The predicted octanol–water partition coefficient (Wildman–Crippen LogP) is 3.60. The van der Waals surface area contributed by atoms with Gasteiger partial charge >= 0.3 is 0 Å². The first kappa shape index (κ1) is 15.5. The van der Waals surface area contributed by atoms with Gasteiger partial charge in [-0.25, -0.2) is 4.39 Å². The highest BCUT2D eigenvalue weighted by molar-refractivity contribution is 5.21. The van der Waals surface area contributed by atoms with Crippen LogP contribution < -0.4 is 5.32 Å². The highest BCUT2D eigenvalue weighted by Crippen LogP contribution is 2.24. The van der Waals surface area contributed by atoms with Gasteiger partial charge in [0.25, 0.3) is 0 Å². The van der Waals surface area contributed by atoms with Gasteiger partial charge in [0, 0.05) is 30.7 Å². The molecule has 0 saturated carbocycles. The quantitative estimate of drug-likeness (QED) is 0.885. The molecule has 3 unspecified atom stereocenters. The molecule has 1 heterocycles. The van der Waals surface area contributed by atoms with Crippen LogP contribution in [0.1, 0.15) is 44.7 Å². The van der Waals surface area contributed by atoms with Crippen LogP contribution in [0, 0.1) is 11.7 Å². The number of halogens is 1. The number of hydrogen-bond acceptors (Lipinski definition) is 2. The maximum atomic E-state index is 13.9. The molecule has 2 rings (SSSR count). The van der Waals surface area contributed by atoms with E-state index in [1.165, 1.54) is 19.4 Å². The zero-order chi connectivity index (χ0) is 14.5. The lowest BCUT2D eigenvalue weighted by Gasteiger charge is -2.37. The predicted molar refractivity (Wildman–Crippen MR) is 82.3 cm³/mol. The molecule has 112 valence electrons. The third-order valence-electron chi connectivity index (χ3n) is 4.58. The zero-order valence-corrected chi connectivity index (χ0v) is 12.9. The monoisotopic (exact) mass is 278 g/mol. The van der Waals surface area contributed by atoms with E-state index in [2.05, 4.69) is 24.1 Å². The molecule has 1 aromatic carbocycles. The fraction of sp³-hybridized carbons (Fsp3) is 0.647. The van der Waals surface area contributed by atoms with Crippen LogP contribution in [0.25, 0.3) is 0 Å². The van der Waals surface area contributed by atoms with Gasteiger partial charge in [0.15, 0.2) is 0 Å². The fourth-order valence-electron chi connectivity index (χ4n) is 3.20. The minimum atomic E-state index is -0.105. The molecule has 0 radical (unpaired) electrons. The molecule has 0 amide bonds. The largest absolute Gasteiger partial charge is 0.313 e. The van der Waals surface area contributed by atoms with Crippen LogP contribution in [0.15, 0.2) is 24.3 Å². The van der Waals surface area contributed by atoms with Crippen molar-refractivity contribution in [2.24, 2.45) is 5.92 Å². The summed E-state index contributed by atoms with van der Waals surface area (Å²) in [5, 5.41) is 3.26. The number of rotatable bonds is 5. The number of piperidine rings is 1. The van der Waals surface area contributed by atoms with Gasteiger partial charge in [-0.05, 0) is 45.2 Å². The molecule has 20 heavy (non-hydrogen) atoms. The second-order valence-corrected chi connectivity index (χ2v) is 6.18. The van der Waals surface area contributed by atoms with E-state index >= 15 is 0 Å². The van der Waals surface area contributed by atoms with Gasteiger partial charge < -0.3 is 10.2 Å². The summed E-state index contributed by atoms with van der Waals surface area (Å²) < 4.78 is 13.9. The third-order valence-corrected chi connectivity index (χ3v) is 4.58. The van der Waals surface area contributed by atoms with Crippen LogP contribution in [0.3, 0.4) is 0 Å². The van der Waals surface area contributed by atoms with E-state index < -0.39 is 0 Å². The molecule has 1 aliphatic rings. The molecule has 3 heteroatoms. The Morgan fingerprint density at radius 2 is 2.05 bits per heavy atom. The number of likely N-dealkylation sites (tertiary alicyclic amines) is 1. The SMILES string of the molecule is CNC(CCN1CC(C)CCC1C)c1ccccc1F. The Kier molecular flexibility index (Phi) is 5.55. The highest BCUT2D eigenvalue weighted by Gasteiger charge is 2.23. The van der Waals surface area contributed by atoms with E-state index in [9.17, 15) is 4.39 Å². The second kappa shape index (κ2) is 7.19. The summed E-state index contributed by atoms with van der Waals surface area (Å²) in [6.07, 6.45) is 3.57. The van der Waals surface area contributed by atoms with Crippen LogP contribution >= 0.6 is 0 Å². The van der Waals surface area contributed by atoms with Crippen molar-refractivity contribution < 1.29 is 4.39 Å². The molecular weight excluding hydrogens is 251 g/mol. The van der Waals surface area contributed by atoms with Crippen molar-refractivity contribution in [1.82, 2.24) is 10.2 Å². The van der Waals surface area contributed by atoms with Gasteiger partial charge in [-0.1, -0.05) is 25.1 Å². The van der Waals surface area contributed by atoms with Crippen LogP contribution in [0.4, 0.5) is 4.39 Å². The number of hydrogen-bond donors (Lipinski definition) is 1. The minimum absolute atomic E-state index is 0.0978. The minimum Gasteiger partial charge on any atom is -0.313 e. The summed E-state index contributed by atoms with van der Waals surface area (Å²) in [6, 6.07) is 7.85. The Hall–Kier alpha value is -0.930. The van der Waals surface area contributed by atoms with Crippen molar-refractivity contribution in [2.75, 3.05) is 20.1 Å². The highest BCUT2D eigenvalue weighted by atomic mass is 19.1. The normalized spacial score (nSPS) is 25.6. The van der Waals surface area contributed by atoms with E-state index in [0.717, 1.165) is 24.4 Å². The zero-order valence-electron chi connectivity index (χ0n) is 12.9. The van der Waals surface area contributed by atoms with Crippen molar-refractivity contribution in [1.29, 1.82) is 0 Å². The molecule has 1 N–H and O–H groups in total. The average molecular weight is 278 g/mol. The Morgan fingerprint density at radius 1 is 1.30 bits per heavy atom. The van der Waals surface area contributed by atoms with Gasteiger partial charge in [0.2, 0.25) is 0 Å². The number of benzene rings is 1. The van der Waals surface area contributed by atoms with Crippen LogP contribution in [0.5, 0.6) is 0 Å². The molecule has 1 fully saturated rings. The van der Waals surface area contributed by atoms with Crippen molar-refractivity contribution in [3.8, 4) is 0 Å². The lowest BCUT2D eigenvalue weighted by atomic mass is 9.94. The molecule has 2 nitrogen and oxygen atoms in total. The smallest absolute Gasteiger partial charge is 0.127 e. The Morgan fingerprint density at radius 3 is 2.75 bits per heavy atom. The van der Waals surface area contributed by atoms with Gasteiger partial charge in [-0.3, -0.25) is 0 Å². The van der Waals surface area contributed by atoms with Crippen molar-refractivity contribution in [2.45, 2.75) is 45.2 Å². The van der Waals surface area contributed by atoms with E-state index in [1.807, 2.05) is 19.2 Å². The third kappa shape index (κ3) is 3.80. The van der Waals surface area contributed by atoms with Crippen molar-refractivity contribution in [3.63, 3.8) is 0 Å². The Balaban J connectivity index is 1.95. The average Bonchev–Trinajstić information content (AvgIpc) is 2.45. The standard InChI is InChI=1S/C17H27FN2/c1-13-8-9-14(2)20(12-13)11-10-17(19-3)15-6-4-5-7-16(15)18/h4-7,13-14,17,19H,8-12H2,1-3H3. The molecule has 3 atom stereocenters.